The van der Waals surface area contributed by atoms with Crippen LogP contribution < -0.4 is 10.5 Å². The third-order valence-corrected chi connectivity index (χ3v) is 6.27. The predicted molar refractivity (Wildman–Crippen MR) is 116 cm³/mol. The Kier molecular flexibility index (Phi) is 5.16. The first-order valence-corrected chi connectivity index (χ1v) is 10.3. The molecule has 0 radical (unpaired) electrons. The molecule has 3 heterocycles. The molecule has 0 spiro atoms. The number of anilines is 1. The fraction of sp³-hybridized carbons (Fsp3) is 0.368. The Hall–Kier alpha value is -1.96. The van der Waals surface area contributed by atoms with E-state index in [1.165, 1.54) is 0 Å². The van der Waals surface area contributed by atoms with Crippen LogP contribution in [0.1, 0.15) is 25.6 Å². The maximum atomic E-state index is 12.9. The minimum Gasteiger partial charge on any atom is -0.342 e. The van der Waals surface area contributed by atoms with Gasteiger partial charge in [0, 0.05) is 18.8 Å². The minimum atomic E-state index is -0.287. The summed E-state index contributed by atoms with van der Waals surface area (Å²) in [6.07, 6.45) is 2.15. The number of aromatic amines is 1. The first-order valence-electron chi connectivity index (χ1n) is 9.09. The molecule has 9 heteroatoms. The van der Waals surface area contributed by atoms with E-state index in [-0.39, 0.29) is 5.56 Å². The number of benzene rings is 1. The second kappa shape index (κ2) is 7.46. The Labute approximate surface area is 177 Å². The highest BCUT2D eigenvalue weighted by atomic mass is 35.5. The lowest BCUT2D eigenvalue weighted by atomic mass is 10.00. The van der Waals surface area contributed by atoms with Gasteiger partial charge in [-0.25, -0.2) is 4.98 Å². The third kappa shape index (κ3) is 3.43. The Morgan fingerprint density at radius 1 is 1.18 bits per heavy atom. The van der Waals surface area contributed by atoms with Crippen LogP contribution in [-0.4, -0.2) is 32.6 Å². The second-order valence-corrected chi connectivity index (χ2v) is 8.36. The molecule has 4 rings (SSSR count). The third-order valence-electron chi connectivity index (χ3n) is 5.14. The van der Waals surface area contributed by atoms with Gasteiger partial charge in [0.25, 0.3) is 5.56 Å². The van der Waals surface area contributed by atoms with Crippen LogP contribution in [0.15, 0.2) is 23.0 Å². The fourth-order valence-electron chi connectivity index (χ4n) is 3.48. The van der Waals surface area contributed by atoms with Gasteiger partial charge in [0.15, 0.2) is 5.65 Å². The summed E-state index contributed by atoms with van der Waals surface area (Å²) < 4.78 is 2.05. The van der Waals surface area contributed by atoms with Crippen LogP contribution in [0.5, 0.6) is 0 Å². The van der Waals surface area contributed by atoms with Crippen molar-refractivity contribution in [1.29, 1.82) is 0 Å². The van der Waals surface area contributed by atoms with Gasteiger partial charge in [0.1, 0.15) is 15.9 Å². The molecule has 0 unspecified atom stereocenters. The molecule has 0 bridgehead atoms. The van der Waals surface area contributed by atoms with E-state index >= 15 is 0 Å². The van der Waals surface area contributed by atoms with Crippen LogP contribution in [0.4, 0.5) is 5.95 Å². The maximum absolute atomic E-state index is 12.9. The molecule has 1 aliphatic rings. The number of piperidine rings is 1. The molecule has 0 atom stereocenters. The summed E-state index contributed by atoms with van der Waals surface area (Å²) in [5.41, 5.74) is 0.765. The molecule has 0 saturated carbocycles. The molecular weight excluding hydrogens is 417 g/mol. The van der Waals surface area contributed by atoms with Crippen molar-refractivity contribution in [3.05, 3.63) is 49.1 Å². The smallest absolute Gasteiger partial charge is 0.264 e. The molecule has 3 aromatic rings. The molecule has 1 aromatic carbocycles. The fourth-order valence-corrected chi connectivity index (χ4v) is 4.20. The van der Waals surface area contributed by atoms with Gasteiger partial charge >= 0.3 is 0 Å². The summed E-state index contributed by atoms with van der Waals surface area (Å²) in [4.78, 5) is 27.0. The van der Waals surface area contributed by atoms with Gasteiger partial charge in [0.2, 0.25) is 5.95 Å². The monoisotopic (exact) mass is 435 g/mol. The van der Waals surface area contributed by atoms with Crippen molar-refractivity contribution in [1.82, 2.24) is 19.5 Å². The Balaban J connectivity index is 1.87. The highest BCUT2D eigenvalue weighted by Gasteiger charge is 2.20. The van der Waals surface area contributed by atoms with Crippen molar-refractivity contribution < 1.29 is 0 Å². The molecule has 6 nitrogen and oxygen atoms in total. The summed E-state index contributed by atoms with van der Waals surface area (Å²) in [6.45, 7) is 5.80. The van der Waals surface area contributed by atoms with Crippen LogP contribution >= 0.6 is 35.4 Å². The quantitative estimate of drug-likeness (QED) is 0.591. The van der Waals surface area contributed by atoms with Gasteiger partial charge < -0.3 is 4.90 Å². The number of fused-ring (bicyclic) bond motifs is 1. The van der Waals surface area contributed by atoms with E-state index in [1.54, 1.807) is 22.8 Å². The molecule has 1 saturated heterocycles. The van der Waals surface area contributed by atoms with Crippen molar-refractivity contribution >= 4 is 52.4 Å². The normalized spacial score (nSPS) is 15.4. The van der Waals surface area contributed by atoms with E-state index in [0.717, 1.165) is 25.9 Å². The average molecular weight is 436 g/mol. The van der Waals surface area contributed by atoms with Crippen LogP contribution in [-0.2, 0) is 0 Å². The zero-order chi connectivity index (χ0) is 20.0. The lowest BCUT2D eigenvalue weighted by Gasteiger charge is -2.30. The molecular formula is C19H19Cl2N5OS. The number of H-pyrrole nitrogens is 1. The van der Waals surface area contributed by atoms with E-state index in [9.17, 15) is 4.79 Å². The van der Waals surface area contributed by atoms with Gasteiger partial charge in [-0.1, -0.05) is 42.3 Å². The Morgan fingerprint density at radius 2 is 1.89 bits per heavy atom. The lowest BCUT2D eigenvalue weighted by molar-refractivity contribution is 0.434. The molecule has 146 valence electrons. The van der Waals surface area contributed by atoms with Crippen LogP contribution in [0.3, 0.4) is 0 Å². The zero-order valence-corrected chi connectivity index (χ0v) is 17.8. The molecule has 1 N–H and O–H groups in total. The van der Waals surface area contributed by atoms with Crippen LogP contribution in [0, 0.1) is 17.5 Å². The molecule has 1 aliphatic heterocycles. The first-order chi connectivity index (χ1) is 13.3. The number of nitrogens with zero attached hydrogens (tertiary/aromatic N) is 4. The minimum absolute atomic E-state index is 0.287. The van der Waals surface area contributed by atoms with Crippen molar-refractivity contribution in [3.8, 4) is 5.69 Å². The summed E-state index contributed by atoms with van der Waals surface area (Å²) in [5, 5.41) is 1.14. The molecule has 2 aromatic heterocycles. The molecule has 0 aliphatic carbocycles. The van der Waals surface area contributed by atoms with Gasteiger partial charge in [-0.3, -0.25) is 14.3 Å². The largest absolute Gasteiger partial charge is 0.342 e. The van der Waals surface area contributed by atoms with E-state index in [1.807, 2.05) is 6.92 Å². The number of aryl methyl sites for hydroxylation is 1. The average Bonchev–Trinajstić information content (AvgIpc) is 2.64. The number of hydrogen-bond acceptors (Lipinski definition) is 5. The Bertz CT molecular complexity index is 1180. The van der Waals surface area contributed by atoms with Crippen molar-refractivity contribution in [3.63, 3.8) is 0 Å². The maximum Gasteiger partial charge on any atom is 0.264 e. The second-order valence-electron chi connectivity index (χ2n) is 7.16. The van der Waals surface area contributed by atoms with E-state index < -0.39 is 0 Å². The van der Waals surface area contributed by atoms with Crippen molar-refractivity contribution in [2.45, 2.75) is 26.7 Å². The topological polar surface area (TPSA) is 66.8 Å². The standard InChI is InChI=1S/C19H19Cl2N5OS/c1-10-5-7-25(8-6-10)19-23-16-15(17(27)24-19)18(28)26(11(2)22-16)12-3-4-13(20)14(21)9-12/h3-4,9-10H,5-8H2,1-2H3,(H,23,24,27). The van der Waals surface area contributed by atoms with Crippen molar-refractivity contribution in [2.24, 2.45) is 5.92 Å². The van der Waals surface area contributed by atoms with Gasteiger partial charge in [-0.05, 0) is 43.9 Å². The summed E-state index contributed by atoms with van der Waals surface area (Å²) in [5.74, 6) is 1.86. The number of hydrogen-bond donors (Lipinski definition) is 1. The van der Waals surface area contributed by atoms with E-state index in [2.05, 4.69) is 26.8 Å². The highest BCUT2D eigenvalue weighted by Crippen LogP contribution is 2.26. The number of rotatable bonds is 2. The Morgan fingerprint density at radius 3 is 2.57 bits per heavy atom. The van der Waals surface area contributed by atoms with Crippen molar-refractivity contribution in [2.75, 3.05) is 18.0 Å². The number of aromatic nitrogens is 4. The van der Waals surface area contributed by atoms with E-state index in [0.29, 0.717) is 49.1 Å². The lowest BCUT2D eigenvalue weighted by Crippen LogP contribution is -2.35. The molecule has 0 amide bonds. The highest BCUT2D eigenvalue weighted by molar-refractivity contribution is 7.71. The summed E-state index contributed by atoms with van der Waals surface area (Å²) in [6, 6.07) is 5.17. The summed E-state index contributed by atoms with van der Waals surface area (Å²) in [7, 11) is 0. The van der Waals surface area contributed by atoms with Crippen LogP contribution in [0.25, 0.3) is 16.7 Å². The summed E-state index contributed by atoms with van der Waals surface area (Å²) >= 11 is 17.8. The predicted octanol–water partition coefficient (Wildman–Crippen LogP) is 4.69. The van der Waals surface area contributed by atoms with Gasteiger partial charge in [-0.2, -0.15) is 4.98 Å². The number of halogens is 2. The van der Waals surface area contributed by atoms with Gasteiger partial charge in [-0.15, -0.1) is 0 Å². The number of nitrogens with one attached hydrogen (secondary N) is 1. The zero-order valence-electron chi connectivity index (χ0n) is 15.5. The van der Waals surface area contributed by atoms with Gasteiger partial charge in [0.05, 0.1) is 10.0 Å². The molecule has 1 fully saturated rings. The van der Waals surface area contributed by atoms with E-state index in [4.69, 9.17) is 35.4 Å². The SMILES string of the molecule is Cc1nc2nc(N3CCC(C)CC3)[nH]c(=O)c2c(=S)n1-c1ccc(Cl)c(Cl)c1. The van der Waals surface area contributed by atoms with Crippen LogP contribution in [0.2, 0.25) is 10.0 Å². The molecule has 28 heavy (non-hydrogen) atoms. The first kappa shape index (κ1) is 19.4.